The van der Waals surface area contributed by atoms with Crippen LogP contribution in [0.5, 0.6) is 17.2 Å². The van der Waals surface area contributed by atoms with Gasteiger partial charge in [0.25, 0.3) is 0 Å². The van der Waals surface area contributed by atoms with Gasteiger partial charge in [0.2, 0.25) is 0 Å². The van der Waals surface area contributed by atoms with Gasteiger partial charge in [-0.1, -0.05) is 0 Å². The highest BCUT2D eigenvalue weighted by Gasteiger charge is 2.12. The summed E-state index contributed by atoms with van der Waals surface area (Å²) in [7, 11) is 1.39. The van der Waals surface area contributed by atoms with Gasteiger partial charge in [-0.25, -0.2) is 0 Å². The maximum absolute atomic E-state index is 11.0. The molecule has 0 atom stereocenters. The van der Waals surface area contributed by atoms with Crippen LogP contribution in [0.4, 0.5) is 0 Å². The van der Waals surface area contributed by atoms with Gasteiger partial charge in [0.05, 0.1) is 12.7 Å². The van der Waals surface area contributed by atoms with Crippen LogP contribution in [0.2, 0.25) is 0 Å². The molecule has 0 fully saturated rings. The van der Waals surface area contributed by atoms with E-state index in [2.05, 4.69) is 0 Å². The van der Waals surface area contributed by atoms with Crippen molar-refractivity contribution in [3.05, 3.63) is 17.7 Å². The number of methoxy groups -OCH3 is 1. The van der Waals surface area contributed by atoms with Gasteiger partial charge in [0.15, 0.2) is 17.3 Å². The van der Waals surface area contributed by atoms with E-state index in [9.17, 15) is 4.79 Å². The average Bonchev–Trinajstić information content (AvgIpc) is 2.08. The molecule has 0 heterocycles. The molecule has 0 bridgehead atoms. The maximum atomic E-state index is 11.0. The Morgan fingerprint density at radius 3 is 2.31 bits per heavy atom. The predicted octanol–water partition coefficient (Wildman–Crippen LogP) is 1.31. The SMILES string of the molecule is COc1cc(O)c(O)cc1C(C)=O. The van der Waals surface area contributed by atoms with Crippen molar-refractivity contribution in [2.45, 2.75) is 6.92 Å². The zero-order valence-electron chi connectivity index (χ0n) is 7.37. The van der Waals surface area contributed by atoms with Crippen molar-refractivity contribution in [1.29, 1.82) is 0 Å². The molecule has 4 nitrogen and oxygen atoms in total. The lowest BCUT2D eigenvalue weighted by atomic mass is 10.1. The molecule has 0 saturated heterocycles. The van der Waals surface area contributed by atoms with E-state index in [0.717, 1.165) is 0 Å². The fourth-order valence-corrected chi connectivity index (χ4v) is 1.00. The average molecular weight is 182 g/mol. The first-order chi connectivity index (χ1) is 6.06. The minimum absolute atomic E-state index is 0.229. The molecular formula is C9H10O4. The zero-order chi connectivity index (χ0) is 10.0. The molecule has 0 aliphatic carbocycles. The van der Waals surface area contributed by atoms with Crippen LogP contribution in [0.25, 0.3) is 0 Å². The Kier molecular flexibility index (Phi) is 2.41. The summed E-state index contributed by atoms with van der Waals surface area (Å²) in [6.45, 7) is 1.36. The summed E-state index contributed by atoms with van der Waals surface area (Å²) in [6.07, 6.45) is 0. The molecule has 70 valence electrons. The lowest BCUT2D eigenvalue weighted by Gasteiger charge is -2.06. The van der Waals surface area contributed by atoms with E-state index in [0.29, 0.717) is 0 Å². The number of rotatable bonds is 2. The van der Waals surface area contributed by atoms with Crippen LogP contribution in [0.1, 0.15) is 17.3 Å². The number of aromatic hydroxyl groups is 2. The van der Waals surface area contributed by atoms with E-state index >= 15 is 0 Å². The van der Waals surface area contributed by atoms with E-state index in [1.165, 1.54) is 26.2 Å². The largest absolute Gasteiger partial charge is 0.504 e. The second kappa shape index (κ2) is 3.35. The van der Waals surface area contributed by atoms with Crippen molar-refractivity contribution >= 4 is 5.78 Å². The third-order valence-electron chi connectivity index (χ3n) is 1.68. The van der Waals surface area contributed by atoms with Crippen LogP contribution in [0.3, 0.4) is 0 Å². The quantitative estimate of drug-likeness (QED) is 0.534. The molecular weight excluding hydrogens is 172 g/mol. The first-order valence-electron chi connectivity index (χ1n) is 3.67. The molecule has 1 aromatic carbocycles. The van der Waals surface area contributed by atoms with Gasteiger partial charge >= 0.3 is 0 Å². The molecule has 0 unspecified atom stereocenters. The number of ether oxygens (including phenoxy) is 1. The molecule has 0 aromatic heterocycles. The number of ketones is 1. The summed E-state index contributed by atoms with van der Waals surface area (Å²) in [5.74, 6) is -0.609. The predicted molar refractivity (Wildman–Crippen MR) is 46.3 cm³/mol. The van der Waals surface area contributed by atoms with Gasteiger partial charge < -0.3 is 14.9 Å². The summed E-state index contributed by atoms with van der Waals surface area (Å²) < 4.78 is 4.85. The van der Waals surface area contributed by atoms with Crippen LogP contribution < -0.4 is 4.74 Å². The first kappa shape index (κ1) is 9.38. The summed E-state index contributed by atoms with van der Waals surface area (Å²) >= 11 is 0. The molecule has 1 rings (SSSR count). The van der Waals surface area contributed by atoms with E-state index in [4.69, 9.17) is 14.9 Å². The molecule has 0 aliphatic heterocycles. The molecule has 13 heavy (non-hydrogen) atoms. The fourth-order valence-electron chi connectivity index (χ4n) is 1.00. The normalized spacial score (nSPS) is 9.69. The van der Waals surface area contributed by atoms with Crippen LogP contribution in [0.15, 0.2) is 12.1 Å². The van der Waals surface area contributed by atoms with Crippen molar-refractivity contribution in [2.75, 3.05) is 7.11 Å². The molecule has 0 saturated carbocycles. The summed E-state index contributed by atoms with van der Waals surface area (Å²) in [5.41, 5.74) is 0.248. The number of phenols is 2. The summed E-state index contributed by atoms with van der Waals surface area (Å²) in [6, 6.07) is 2.38. The number of hydrogen-bond acceptors (Lipinski definition) is 4. The van der Waals surface area contributed by atoms with Gasteiger partial charge in [-0.3, -0.25) is 4.79 Å². The van der Waals surface area contributed by atoms with E-state index in [-0.39, 0.29) is 28.6 Å². The number of phenolic OH excluding ortho intramolecular Hbond substituents is 2. The molecule has 0 amide bonds. The smallest absolute Gasteiger partial charge is 0.163 e. The highest BCUT2D eigenvalue weighted by Crippen LogP contribution is 2.32. The Bertz CT molecular complexity index is 344. The first-order valence-corrected chi connectivity index (χ1v) is 3.67. The topological polar surface area (TPSA) is 66.8 Å². The molecule has 2 N–H and O–H groups in total. The second-order valence-electron chi connectivity index (χ2n) is 2.60. The summed E-state index contributed by atoms with van der Waals surface area (Å²) in [4.78, 5) is 11.0. The van der Waals surface area contributed by atoms with Crippen LogP contribution in [-0.4, -0.2) is 23.1 Å². The number of carbonyl (C=O) groups is 1. The zero-order valence-corrected chi connectivity index (χ0v) is 7.37. The van der Waals surface area contributed by atoms with Crippen LogP contribution in [-0.2, 0) is 0 Å². The third-order valence-corrected chi connectivity index (χ3v) is 1.68. The molecule has 1 aromatic rings. The van der Waals surface area contributed by atoms with Crippen LogP contribution in [0, 0.1) is 0 Å². The molecule has 0 radical (unpaired) electrons. The summed E-state index contributed by atoms with van der Waals surface area (Å²) in [5, 5.41) is 18.2. The van der Waals surface area contributed by atoms with Crippen molar-refractivity contribution in [1.82, 2.24) is 0 Å². The van der Waals surface area contributed by atoms with Gasteiger partial charge in [-0.15, -0.1) is 0 Å². The Morgan fingerprint density at radius 1 is 1.31 bits per heavy atom. The van der Waals surface area contributed by atoms with Gasteiger partial charge in [-0.2, -0.15) is 0 Å². The standard InChI is InChI=1S/C9H10O4/c1-5(10)6-3-7(11)8(12)4-9(6)13-2/h3-4,11-12H,1-2H3. The molecule has 4 heteroatoms. The highest BCUT2D eigenvalue weighted by molar-refractivity contribution is 5.97. The minimum atomic E-state index is -0.328. The number of carbonyl (C=O) groups excluding carboxylic acids is 1. The molecule has 0 spiro atoms. The highest BCUT2D eigenvalue weighted by atomic mass is 16.5. The lowest BCUT2D eigenvalue weighted by molar-refractivity contribution is 0.101. The van der Waals surface area contributed by atoms with E-state index < -0.39 is 0 Å². The van der Waals surface area contributed by atoms with Crippen molar-refractivity contribution in [3.8, 4) is 17.2 Å². The Hall–Kier alpha value is -1.71. The lowest BCUT2D eigenvalue weighted by Crippen LogP contribution is -1.96. The van der Waals surface area contributed by atoms with E-state index in [1.807, 2.05) is 0 Å². The Balaban J connectivity index is 3.33. The van der Waals surface area contributed by atoms with Crippen molar-refractivity contribution < 1.29 is 19.7 Å². The van der Waals surface area contributed by atoms with Crippen molar-refractivity contribution in [2.24, 2.45) is 0 Å². The number of benzene rings is 1. The minimum Gasteiger partial charge on any atom is -0.504 e. The van der Waals surface area contributed by atoms with Gasteiger partial charge in [0.1, 0.15) is 5.75 Å². The number of hydrogen-bond donors (Lipinski definition) is 2. The Labute approximate surface area is 75.4 Å². The monoisotopic (exact) mass is 182 g/mol. The molecule has 0 aliphatic rings. The van der Waals surface area contributed by atoms with E-state index in [1.54, 1.807) is 0 Å². The Morgan fingerprint density at radius 2 is 1.85 bits per heavy atom. The fraction of sp³-hybridized carbons (Fsp3) is 0.222. The van der Waals surface area contributed by atoms with Gasteiger partial charge in [0, 0.05) is 6.07 Å². The second-order valence-corrected chi connectivity index (χ2v) is 2.60. The number of Topliss-reactive ketones (excluding diaryl/α,β-unsaturated/α-hetero) is 1. The van der Waals surface area contributed by atoms with Gasteiger partial charge in [-0.05, 0) is 13.0 Å². The van der Waals surface area contributed by atoms with Crippen molar-refractivity contribution in [3.63, 3.8) is 0 Å². The van der Waals surface area contributed by atoms with Crippen LogP contribution >= 0.6 is 0 Å². The third kappa shape index (κ3) is 1.72. The maximum Gasteiger partial charge on any atom is 0.163 e.